The normalized spacial score (nSPS) is 10.7. The van der Waals surface area contributed by atoms with Crippen LogP contribution in [0.4, 0.5) is 5.69 Å². The number of anilines is 1. The Balaban J connectivity index is 1.87. The molecule has 1 amide bonds. The van der Waals surface area contributed by atoms with Gasteiger partial charge in [0.05, 0.1) is 13.2 Å². The summed E-state index contributed by atoms with van der Waals surface area (Å²) in [5, 5.41) is 2.90. The number of benzene rings is 2. The van der Waals surface area contributed by atoms with Crippen molar-refractivity contribution in [1.82, 2.24) is 0 Å². The zero-order valence-corrected chi connectivity index (χ0v) is 16.4. The summed E-state index contributed by atoms with van der Waals surface area (Å²) in [4.78, 5) is 12.4. The number of carbonyl (C=O) groups excluding carboxylic acids is 1. The van der Waals surface area contributed by atoms with Crippen molar-refractivity contribution < 1.29 is 19.0 Å². The van der Waals surface area contributed by atoms with E-state index in [0.717, 1.165) is 12.2 Å². The lowest BCUT2D eigenvalue weighted by molar-refractivity contribution is 0.102. The highest BCUT2D eigenvalue weighted by atomic mass is 16.5. The molecule has 0 saturated heterocycles. The molecule has 0 bridgehead atoms. The summed E-state index contributed by atoms with van der Waals surface area (Å²) >= 11 is 0. The second-order valence-corrected chi connectivity index (χ2v) is 6.58. The van der Waals surface area contributed by atoms with Crippen LogP contribution in [0.5, 0.6) is 11.5 Å². The zero-order chi connectivity index (χ0) is 19.5. The van der Waals surface area contributed by atoms with Crippen molar-refractivity contribution >= 4 is 11.6 Å². The number of ether oxygens (including phenoxy) is 3. The third kappa shape index (κ3) is 7.71. The Morgan fingerprint density at radius 2 is 1.70 bits per heavy atom. The lowest BCUT2D eigenvalue weighted by Crippen LogP contribution is -2.12. The summed E-state index contributed by atoms with van der Waals surface area (Å²) in [5.41, 5.74) is 1.28. The standard InChI is InChI=1S/C22H29NO4/c1-4-25-14-15-27-20-10-8-18(9-11-20)22(24)23-19-6-5-7-21(16-19)26-13-12-17(2)3/h5-11,16-17H,4,12-15H2,1-3H3,(H,23,24). The summed E-state index contributed by atoms with van der Waals surface area (Å²) in [7, 11) is 0. The largest absolute Gasteiger partial charge is 0.494 e. The average molecular weight is 371 g/mol. The molecule has 2 aromatic rings. The molecule has 2 aromatic carbocycles. The van der Waals surface area contributed by atoms with Crippen molar-refractivity contribution in [2.75, 3.05) is 31.7 Å². The van der Waals surface area contributed by atoms with E-state index >= 15 is 0 Å². The van der Waals surface area contributed by atoms with Gasteiger partial charge >= 0.3 is 0 Å². The van der Waals surface area contributed by atoms with Crippen molar-refractivity contribution in [3.05, 3.63) is 54.1 Å². The van der Waals surface area contributed by atoms with E-state index in [1.54, 1.807) is 24.3 Å². The maximum absolute atomic E-state index is 12.4. The first-order chi connectivity index (χ1) is 13.1. The topological polar surface area (TPSA) is 56.8 Å². The van der Waals surface area contributed by atoms with Crippen molar-refractivity contribution in [3.8, 4) is 11.5 Å². The molecule has 0 aliphatic carbocycles. The second-order valence-electron chi connectivity index (χ2n) is 6.58. The van der Waals surface area contributed by atoms with Gasteiger partial charge in [-0.05, 0) is 55.7 Å². The minimum absolute atomic E-state index is 0.171. The third-order valence-electron chi connectivity index (χ3n) is 3.87. The highest BCUT2D eigenvalue weighted by Crippen LogP contribution is 2.19. The molecule has 0 radical (unpaired) electrons. The predicted octanol–water partition coefficient (Wildman–Crippen LogP) is 4.78. The van der Waals surface area contributed by atoms with E-state index in [2.05, 4.69) is 19.2 Å². The molecule has 0 spiro atoms. The Hall–Kier alpha value is -2.53. The fraction of sp³-hybridized carbons (Fsp3) is 0.409. The molecule has 5 nitrogen and oxygen atoms in total. The van der Waals surface area contributed by atoms with Crippen molar-refractivity contribution in [3.63, 3.8) is 0 Å². The maximum atomic E-state index is 12.4. The quantitative estimate of drug-likeness (QED) is 0.578. The van der Waals surface area contributed by atoms with Gasteiger partial charge in [-0.3, -0.25) is 4.79 Å². The molecule has 0 heterocycles. The molecule has 5 heteroatoms. The van der Waals surface area contributed by atoms with Crippen LogP contribution >= 0.6 is 0 Å². The molecule has 0 saturated carbocycles. The van der Waals surface area contributed by atoms with Crippen molar-refractivity contribution in [2.45, 2.75) is 27.2 Å². The predicted molar refractivity (Wildman–Crippen MR) is 108 cm³/mol. The van der Waals surface area contributed by atoms with Crippen molar-refractivity contribution in [2.24, 2.45) is 5.92 Å². The molecule has 1 N–H and O–H groups in total. The number of amides is 1. The molecule has 0 fully saturated rings. The number of carbonyl (C=O) groups is 1. The third-order valence-corrected chi connectivity index (χ3v) is 3.87. The van der Waals surface area contributed by atoms with Crippen LogP contribution in [0.3, 0.4) is 0 Å². The first-order valence-electron chi connectivity index (χ1n) is 9.43. The van der Waals surface area contributed by atoms with Gasteiger partial charge in [0.15, 0.2) is 0 Å². The van der Waals surface area contributed by atoms with Gasteiger partial charge in [-0.1, -0.05) is 19.9 Å². The number of rotatable bonds is 11. The molecule has 0 aliphatic heterocycles. The molecule has 0 aliphatic rings. The van der Waals surface area contributed by atoms with Crippen LogP contribution in [0.15, 0.2) is 48.5 Å². The molecule has 27 heavy (non-hydrogen) atoms. The van der Waals surface area contributed by atoms with Gasteiger partial charge in [0, 0.05) is 23.9 Å². The van der Waals surface area contributed by atoms with Crippen LogP contribution in [0.2, 0.25) is 0 Å². The van der Waals surface area contributed by atoms with E-state index in [1.807, 2.05) is 31.2 Å². The maximum Gasteiger partial charge on any atom is 0.255 e. The van der Waals surface area contributed by atoms with Crippen LogP contribution in [0.1, 0.15) is 37.6 Å². The Kier molecular flexibility index (Phi) is 8.65. The SMILES string of the molecule is CCOCCOc1ccc(C(=O)Nc2cccc(OCCC(C)C)c2)cc1. The summed E-state index contributed by atoms with van der Waals surface area (Å²) < 4.78 is 16.5. The van der Waals surface area contributed by atoms with Crippen LogP contribution in [0, 0.1) is 5.92 Å². The Morgan fingerprint density at radius 1 is 0.963 bits per heavy atom. The van der Waals surface area contributed by atoms with Gasteiger partial charge < -0.3 is 19.5 Å². The smallest absolute Gasteiger partial charge is 0.255 e. The minimum atomic E-state index is -0.171. The lowest BCUT2D eigenvalue weighted by Gasteiger charge is -2.11. The van der Waals surface area contributed by atoms with Crippen LogP contribution in [0.25, 0.3) is 0 Å². The van der Waals surface area contributed by atoms with E-state index in [1.165, 1.54) is 0 Å². The average Bonchev–Trinajstić information content (AvgIpc) is 2.66. The van der Waals surface area contributed by atoms with Gasteiger partial charge in [-0.15, -0.1) is 0 Å². The summed E-state index contributed by atoms with van der Waals surface area (Å²) in [6.45, 7) is 8.65. The lowest BCUT2D eigenvalue weighted by atomic mass is 10.1. The summed E-state index contributed by atoms with van der Waals surface area (Å²) in [5.74, 6) is 1.90. The molecule has 0 unspecified atom stereocenters. The molecular formula is C22H29NO4. The Labute approximate surface area is 161 Å². The molecule has 0 atom stereocenters. The monoisotopic (exact) mass is 371 g/mol. The summed E-state index contributed by atoms with van der Waals surface area (Å²) in [6.07, 6.45) is 0.996. The van der Waals surface area contributed by atoms with Gasteiger partial charge in [-0.2, -0.15) is 0 Å². The molecule has 146 valence electrons. The van der Waals surface area contributed by atoms with E-state index < -0.39 is 0 Å². The van der Waals surface area contributed by atoms with Gasteiger partial charge in [-0.25, -0.2) is 0 Å². The molecule has 0 aromatic heterocycles. The minimum Gasteiger partial charge on any atom is -0.494 e. The first kappa shape index (κ1) is 20.8. The van der Waals surface area contributed by atoms with Gasteiger partial charge in [0.1, 0.15) is 18.1 Å². The Bertz CT molecular complexity index is 698. The van der Waals surface area contributed by atoms with E-state index in [0.29, 0.717) is 49.3 Å². The zero-order valence-electron chi connectivity index (χ0n) is 16.4. The van der Waals surface area contributed by atoms with E-state index in [-0.39, 0.29) is 5.91 Å². The fourth-order valence-electron chi connectivity index (χ4n) is 2.34. The number of hydrogen-bond donors (Lipinski definition) is 1. The van der Waals surface area contributed by atoms with E-state index in [9.17, 15) is 4.79 Å². The first-order valence-corrected chi connectivity index (χ1v) is 9.43. The fourth-order valence-corrected chi connectivity index (χ4v) is 2.34. The highest BCUT2D eigenvalue weighted by molar-refractivity contribution is 6.04. The van der Waals surface area contributed by atoms with Crippen LogP contribution < -0.4 is 14.8 Å². The van der Waals surface area contributed by atoms with Gasteiger partial charge in [0.25, 0.3) is 5.91 Å². The van der Waals surface area contributed by atoms with E-state index in [4.69, 9.17) is 14.2 Å². The van der Waals surface area contributed by atoms with Gasteiger partial charge in [0.2, 0.25) is 0 Å². The second kappa shape index (κ2) is 11.2. The number of nitrogens with one attached hydrogen (secondary N) is 1. The summed E-state index contributed by atoms with van der Waals surface area (Å²) in [6, 6.07) is 14.5. The van der Waals surface area contributed by atoms with Crippen LogP contribution in [-0.2, 0) is 4.74 Å². The van der Waals surface area contributed by atoms with Crippen LogP contribution in [-0.4, -0.2) is 32.3 Å². The molecule has 2 rings (SSSR count). The highest BCUT2D eigenvalue weighted by Gasteiger charge is 2.07. The Morgan fingerprint density at radius 3 is 2.41 bits per heavy atom. The molecular weight excluding hydrogens is 342 g/mol. The number of hydrogen-bond acceptors (Lipinski definition) is 4. The van der Waals surface area contributed by atoms with Crippen molar-refractivity contribution in [1.29, 1.82) is 0 Å².